The fourth-order valence-corrected chi connectivity index (χ4v) is 3.01. The minimum Gasteiger partial charge on any atom is -0.337 e. The van der Waals surface area contributed by atoms with Gasteiger partial charge >= 0.3 is 0 Å². The smallest absolute Gasteiger partial charge is 0.253 e. The molecular weight excluding hydrogens is 316 g/mol. The molecular formula is C16H23BrN2O. The molecule has 2 rings (SSSR count). The van der Waals surface area contributed by atoms with E-state index in [-0.39, 0.29) is 5.91 Å². The van der Waals surface area contributed by atoms with E-state index in [4.69, 9.17) is 0 Å². The van der Waals surface area contributed by atoms with Gasteiger partial charge in [0, 0.05) is 29.7 Å². The zero-order valence-electron chi connectivity index (χ0n) is 12.3. The Hall–Kier alpha value is -0.870. The molecule has 110 valence electrons. The van der Waals surface area contributed by atoms with Crippen molar-refractivity contribution in [1.82, 2.24) is 9.80 Å². The van der Waals surface area contributed by atoms with Gasteiger partial charge in [-0.25, -0.2) is 0 Å². The second kappa shape index (κ2) is 7.23. The highest BCUT2D eigenvalue weighted by Gasteiger charge is 2.23. The van der Waals surface area contributed by atoms with Crippen LogP contribution in [-0.4, -0.2) is 48.4 Å². The van der Waals surface area contributed by atoms with E-state index in [0.717, 1.165) is 23.0 Å². The molecule has 4 heteroatoms. The Balaban J connectivity index is 2.01. The predicted molar refractivity (Wildman–Crippen MR) is 86.0 cm³/mol. The first-order chi connectivity index (χ1) is 9.61. The number of likely N-dealkylation sites (tertiary alicyclic amines) is 1. The number of rotatable bonds is 5. The second-order valence-electron chi connectivity index (χ2n) is 5.49. The van der Waals surface area contributed by atoms with Gasteiger partial charge in [-0.1, -0.05) is 22.9 Å². The second-order valence-corrected chi connectivity index (χ2v) is 6.41. The van der Waals surface area contributed by atoms with Crippen LogP contribution in [0.4, 0.5) is 0 Å². The Morgan fingerprint density at radius 2 is 1.90 bits per heavy atom. The fraction of sp³-hybridized carbons (Fsp3) is 0.562. The SMILES string of the molecule is CC[C@@H](CN1CCCC1)N(C)C(=O)c1ccc(Br)cc1. The Morgan fingerprint density at radius 1 is 1.30 bits per heavy atom. The summed E-state index contributed by atoms with van der Waals surface area (Å²) in [5.74, 6) is 0.114. The predicted octanol–water partition coefficient (Wildman–Crippen LogP) is 3.40. The summed E-state index contributed by atoms with van der Waals surface area (Å²) >= 11 is 3.40. The zero-order chi connectivity index (χ0) is 14.5. The summed E-state index contributed by atoms with van der Waals surface area (Å²) in [6.07, 6.45) is 3.58. The van der Waals surface area contributed by atoms with Crippen LogP contribution in [0.3, 0.4) is 0 Å². The number of hydrogen-bond acceptors (Lipinski definition) is 2. The summed E-state index contributed by atoms with van der Waals surface area (Å²) in [7, 11) is 1.93. The summed E-state index contributed by atoms with van der Waals surface area (Å²) in [6.45, 7) is 5.51. The van der Waals surface area contributed by atoms with Crippen molar-refractivity contribution in [3.8, 4) is 0 Å². The third-order valence-electron chi connectivity index (χ3n) is 4.10. The van der Waals surface area contributed by atoms with E-state index in [1.807, 2.05) is 36.2 Å². The number of likely N-dealkylation sites (N-methyl/N-ethyl adjacent to an activating group) is 1. The molecule has 0 aromatic heterocycles. The van der Waals surface area contributed by atoms with Crippen LogP contribution in [0.5, 0.6) is 0 Å². The molecule has 1 amide bonds. The van der Waals surface area contributed by atoms with E-state index in [0.29, 0.717) is 6.04 Å². The minimum atomic E-state index is 0.114. The molecule has 1 aromatic rings. The number of carbonyl (C=O) groups excluding carboxylic acids is 1. The number of nitrogens with zero attached hydrogens (tertiary/aromatic N) is 2. The number of halogens is 1. The Labute approximate surface area is 130 Å². The van der Waals surface area contributed by atoms with E-state index in [9.17, 15) is 4.79 Å². The van der Waals surface area contributed by atoms with Gasteiger partial charge in [0.2, 0.25) is 0 Å². The van der Waals surface area contributed by atoms with Gasteiger partial charge in [-0.2, -0.15) is 0 Å². The van der Waals surface area contributed by atoms with Gasteiger partial charge in [0.15, 0.2) is 0 Å². The summed E-state index contributed by atoms with van der Waals surface area (Å²) in [5, 5.41) is 0. The fourth-order valence-electron chi connectivity index (χ4n) is 2.75. The first-order valence-corrected chi connectivity index (χ1v) is 8.16. The quantitative estimate of drug-likeness (QED) is 0.821. The monoisotopic (exact) mass is 338 g/mol. The lowest BCUT2D eigenvalue weighted by atomic mass is 10.1. The highest BCUT2D eigenvalue weighted by atomic mass is 79.9. The van der Waals surface area contributed by atoms with Crippen molar-refractivity contribution in [2.45, 2.75) is 32.2 Å². The van der Waals surface area contributed by atoms with E-state index in [2.05, 4.69) is 27.8 Å². The van der Waals surface area contributed by atoms with Gasteiger partial charge in [-0.3, -0.25) is 4.79 Å². The molecule has 1 aliphatic heterocycles. The first kappa shape index (κ1) is 15.5. The van der Waals surface area contributed by atoms with Crippen molar-refractivity contribution in [2.75, 3.05) is 26.7 Å². The van der Waals surface area contributed by atoms with Gasteiger partial charge in [0.25, 0.3) is 5.91 Å². The topological polar surface area (TPSA) is 23.6 Å². The van der Waals surface area contributed by atoms with E-state index >= 15 is 0 Å². The molecule has 1 aliphatic rings. The number of amides is 1. The third kappa shape index (κ3) is 3.83. The molecule has 1 heterocycles. The van der Waals surface area contributed by atoms with Crippen LogP contribution in [0.15, 0.2) is 28.7 Å². The van der Waals surface area contributed by atoms with Crippen molar-refractivity contribution >= 4 is 21.8 Å². The lowest BCUT2D eigenvalue weighted by molar-refractivity contribution is 0.0693. The number of carbonyl (C=O) groups is 1. The molecule has 0 bridgehead atoms. The van der Waals surface area contributed by atoms with Crippen LogP contribution >= 0.6 is 15.9 Å². The Kier molecular flexibility index (Phi) is 5.61. The van der Waals surface area contributed by atoms with Crippen LogP contribution in [0.25, 0.3) is 0 Å². The highest BCUT2D eigenvalue weighted by Crippen LogP contribution is 2.16. The van der Waals surface area contributed by atoms with Crippen molar-refractivity contribution < 1.29 is 4.79 Å². The molecule has 0 aliphatic carbocycles. The Bertz CT molecular complexity index is 440. The molecule has 0 unspecified atom stereocenters. The number of hydrogen-bond donors (Lipinski definition) is 0. The standard InChI is InChI=1S/C16H23BrN2O/c1-3-15(12-19-10-4-5-11-19)18(2)16(20)13-6-8-14(17)9-7-13/h6-9,15H,3-5,10-12H2,1-2H3/t15-/m0/s1. The molecule has 0 saturated carbocycles. The molecule has 1 aromatic carbocycles. The average molecular weight is 339 g/mol. The maximum atomic E-state index is 12.5. The maximum absolute atomic E-state index is 12.5. The van der Waals surface area contributed by atoms with Gasteiger partial charge in [0.1, 0.15) is 0 Å². The normalized spacial score (nSPS) is 17.1. The number of benzene rings is 1. The molecule has 0 radical (unpaired) electrons. The van der Waals surface area contributed by atoms with Crippen molar-refractivity contribution in [3.63, 3.8) is 0 Å². The summed E-state index contributed by atoms with van der Waals surface area (Å²) in [6, 6.07) is 7.89. The zero-order valence-corrected chi connectivity index (χ0v) is 13.9. The summed E-state index contributed by atoms with van der Waals surface area (Å²) in [5.41, 5.74) is 0.760. The average Bonchev–Trinajstić information content (AvgIpc) is 2.97. The maximum Gasteiger partial charge on any atom is 0.253 e. The van der Waals surface area contributed by atoms with E-state index in [1.54, 1.807) is 0 Å². The van der Waals surface area contributed by atoms with Crippen LogP contribution in [-0.2, 0) is 0 Å². The van der Waals surface area contributed by atoms with Crippen molar-refractivity contribution in [1.29, 1.82) is 0 Å². The highest BCUT2D eigenvalue weighted by molar-refractivity contribution is 9.10. The Morgan fingerprint density at radius 3 is 2.45 bits per heavy atom. The molecule has 0 N–H and O–H groups in total. The van der Waals surface area contributed by atoms with Gasteiger partial charge in [0.05, 0.1) is 0 Å². The molecule has 1 atom stereocenters. The molecule has 20 heavy (non-hydrogen) atoms. The third-order valence-corrected chi connectivity index (χ3v) is 4.63. The molecule has 1 saturated heterocycles. The van der Waals surface area contributed by atoms with Crippen LogP contribution in [0, 0.1) is 0 Å². The molecule has 3 nitrogen and oxygen atoms in total. The van der Waals surface area contributed by atoms with E-state index < -0.39 is 0 Å². The van der Waals surface area contributed by atoms with Gasteiger partial charge in [-0.05, 0) is 56.6 Å². The summed E-state index contributed by atoms with van der Waals surface area (Å²) in [4.78, 5) is 16.9. The first-order valence-electron chi connectivity index (χ1n) is 7.37. The van der Waals surface area contributed by atoms with Gasteiger partial charge in [-0.15, -0.1) is 0 Å². The van der Waals surface area contributed by atoms with E-state index in [1.165, 1.54) is 25.9 Å². The molecule has 0 spiro atoms. The van der Waals surface area contributed by atoms with Gasteiger partial charge < -0.3 is 9.80 Å². The van der Waals surface area contributed by atoms with Crippen molar-refractivity contribution in [2.24, 2.45) is 0 Å². The largest absolute Gasteiger partial charge is 0.337 e. The van der Waals surface area contributed by atoms with Crippen molar-refractivity contribution in [3.05, 3.63) is 34.3 Å². The van der Waals surface area contributed by atoms with Crippen LogP contribution < -0.4 is 0 Å². The summed E-state index contributed by atoms with van der Waals surface area (Å²) < 4.78 is 1.00. The van der Waals surface area contributed by atoms with Crippen LogP contribution in [0.1, 0.15) is 36.5 Å². The molecule has 1 fully saturated rings. The van der Waals surface area contributed by atoms with Crippen LogP contribution in [0.2, 0.25) is 0 Å². The lowest BCUT2D eigenvalue weighted by Crippen LogP contribution is -2.44. The minimum absolute atomic E-state index is 0.114. The lowest BCUT2D eigenvalue weighted by Gasteiger charge is -2.31.